The van der Waals surface area contributed by atoms with Crippen molar-refractivity contribution in [1.82, 2.24) is 9.62 Å². The van der Waals surface area contributed by atoms with Crippen LogP contribution in [0.4, 0.5) is 0 Å². The predicted molar refractivity (Wildman–Crippen MR) is 94.6 cm³/mol. The first-order valence-corrected chi connectivity index (χ1v) is 9.18. The normalized spacial score (nSPS) is 12.7. The van der Waals surface area contributed by atoms with Crippen molar-refractivity contribution in [2.45, 2.75) is 17.9 Å². The molecule has 0 saturated heterocycles. The number of hydrogen-bond donors (Lipinski definition) is 1. The Hall–Kier alpha value is -1.89. The lowest BCUT2D eigenvalue weighted by Gasteiger charge is -2.25. The topological polar surface area (TPSA) is 66.5 Å². The maximum absolute atomic E-state index is 12.7. The zero-order valence-electron chi connectivity index (χ0n) is 13.7. The molecule has 1 N–H and O–H groups in total. The van der Waals surface area contributed by atoms with E-state index in [4.69, 9.17) is 11.6 Å². The molecular weight excluding hydrogens is 348 g/mol. The third kappa shape index (κ3) is 3.95. The molecule has 0 aliphatic heterocycles. The summed E-state index contributed by atoms with van der Waals surface area (Å²) >= 11 is 5.88. The molecule has 128 valence electrons. The maximum Gasteiger partial charge on any atom is 0.254 e. The monoisotopic (exact) mass is 366 g/mol. The van der Waals surface area contributed by atoms with Crippen LogP contribution in [0, 0.1) is 0 Å². The van der Waals surface area contributed by atoms with Crippen molar-refractivity contribution >= 4 is 27.5 Å². The van der Waals surface area contributed by atoms with E-state index in [1.807, 2.05) is 19.1 Å². The molecule has 5 nitrogen and oxygen atoms in total. The Bertz CT molecular complexity index is 835. The van der Waals surface area contributed by atoms with Gasteiger partial charge in [0.2, 0.25) is 10.0 Å². The number of nitrogens with zero attached hydrogens (tertiary/aromatic N) is 1. The number of sulfonamides is 1. The first-order valence-electron chi connectivity index (χ1n) is 7.32. The summed E-state index contributed by atoms with van der Waals surface area (Å²) < 4.78 is 26.0. The predicted octanol–water partition coefficient (Wildman–Crippen LogP) is 3.08. The van der Waals surface area contributed by atoms with Crippen LogP contribution >= 0.6 is 11.6 Å². The van der Waals surface area contributed by atoms with Crippen molar-refractivity contribution < 1.29 is 13.2 Å². The van der Waals surface area contributed by atoms with Gasteiger partial charge in [-0.15, -0.1) is 0 Å². The van der Waals surface area contributed by atoms with E-state index in [1.54, 1.807) is 36.2 Å². The zero-order chi connectivity index (χ0) is 17.9. The molecule has 2 aromatic rings. The number of benzene rings is 2. The second kappa shape index (κ2) is 7.34. The van der Waals surface area contributed by atoms with E-state index in [2.05, 4.69) is 4.72 Å². The van der Waals surface area contributed by atoms with Gasteiger partial charge in [0.25, 0.3) is 5.91 Å². The molecular formula is C17H19ClN2O3S. The molecule has 2 aromatic carbocycles. The Labute approximate surface area is 147 Å². The van der Waals surface area contributed by atoms with Crippen LogP contribution in [-0.4, -0.2) is 33.3 Å². The Balaban J connectivity index is 2.28. The van der Waals surface area contributed by atoms with Crippen LogP contribution in [0.5, 0.6) is 0 Å². The van der Waals surface area contributed by atoms with E-state index < -0.39 is 10.0 Å². The molecule has 0 spiro atoms. The largest absolute Gasteiger partial charge is 0.335 e. The van der Waals surface area contributed by atoms with Crippen molar-refractivity contribution in [3.8, 4) is 0 Å². The van der Waals surface area contributed by atoms with Crippen LogP contribution < -0.4 is 4.72 Å². The Morgan fingerprint density at radius 3 is 2.38 bits per heavy atom. The van der Waals surface area contributed by atoms with Gasteiger partial charge in [-0.2, -0.15) is 0 Å². The summed E-state index contributed by atoms with van der Waals surface area (Å²) in [5, 5.41) is 0.630. The van der Waals surface area contributed by atoms with E-state index in [0.29, 0.717) is 10.6 Å². The third-order valence-electron chi connectivity index (χ3n) is 3.91. The number of carbonyl (C=O) groups is 1. The van der Waals surface area contributed by atoms with E-state index >= 15 is 0 Å². The van der Waals surface area contributed by atoms with E-state index in [1.165, 1.54) is 19.2 Å². The summed E-state index contributed by atoms with van der Waals surface area (Å²) in [6, 6.07) is 13.1. The number of hydrogen-bond acceptors (Lipinski definition) is 3. The van der Waals surface area contributed by atoms with Gasteiger partial charge in [0.05, 0.1) is 10.9 Å². The van der Waals surface area contributed by atoms with Gasteiger partial charge >= 0.3 is 0 Å². The molecule has 7 heteroatoms. The van der Waals surface area contributed by atoms with Crippen LogP contribution in [0.15, 0.2) is 53.4 Å². The second-order valence-electron chi connectivity index (χ2n) is 5.38. The highest BCUT2D eigenvalue weighted by molar-refractivity contribution is 7.89. The number of amides is 1. The fraction of sp³-hybridized carbons (Fsp3) is 0.235. The van der Waals surface area contributed by atoms with Crippen LogP contribution in [-0.2, 0) is 10.0 Å². The molecule has 24 heavy (non-hydrogen) atoms. The first-order chi connectivity index (χ1) is 11.3. The minimum Gasteiger partial charge on any atom is -0.335 e. The van der Waals surface area contributed by atoms with Gasteiger partial charge < -0.3 is 4.90 Å². The summed E-state index contributed by atoms with van der Waals surface area (Å²) in [4.78, 5) is 14.3. The molecule has 2 rings (SSSR count). The fourth-order valence-electron chi connectivity index (χ4n) is 2.26. The van der Waals surface area contributed by atoms with Gasteiger partial charge in [-0.3, -0.25) is 4.79 Å². The SMILES string of the molecule is CNS(=O)(=O)c1cccc(C(=O)N(C)[C@H](C)c2ccc(Cl)cc2)c1. The van der Waals surface area contributed by atoms with Crippen LogP contribution in [0.25, 0.3) is 0 Å². The lowest BCUT2D eigenvalue weighted by molar-refractivity contribution is 0.0742. The van der Waals surface area contributed by atoms with E-state index in [9.17, 15) is 13.2 Å². The molecule has 0 aliphatic carbocycles. The van der Waals surface area contributed by atoms with Crippen molar-refractivity contribution in [1.29, 1.82) is 0 Å². The lowest BCUT2D eigenvalue weighted by atomic mass is 10.1. The summed E-state index contributed by atoms with van der Waals surface area (Å²) in [5.74, 6) is -0.259. The minimum absolute atomic E-state index is 0.0587. The number of rotatable bonds is 5. The quantitative estimate of drug-likeness (QED) is 0.884. The van der Waals surface area contributed by atoms with Gasteiger partial charge in [-0.1, -0.05) is 29.8 Å². The van der Waals surface area contributed by atoms with Crippen LogP contribution in [0.2, 0.25) is 5.02 Å². The second-order valence-corrected chi connectivity index (χ2v) is 7.70. The van der Waals surface area contributed by atoms with Gasteiger partial charge in [0.1, 0.15) is 0 Å². The van der Waals surface area contributed by atoms with Crippen LogP contribution in [0.3, 0.4) is 0 Å². The molecule has 1 amide bonds. The van der Waals surface area contributed by atoms with Crippen molar-refractivity contribution in [2.24, 2.45) is 0 Å². The average Bonchev–Trinajstić information content (AvgIpc) is 2.60. The van der Waals surface area contributed by atoms with Gasteiger partial charge in [0.15, 0.2) is 0 Å². The fourth-order valence-corrected chi connectivity index (χ4v) is 3.16. The van der Waals surface area contributed by atoms with Gasteiger partial charge in [-0.25, -0.2) is 13.1 Å². The summed E-state index contributed by atoms with van der Waals surface area (Å²) in [7, 11) is -0.579. The minimum atomic E-state index is -3.59. The Morgan fingerprint density at radius 2 is 1.79 bits per heavy atom. The summed E-state index contributed by atoms with van der Waals surface area (Å²) in [5.41, 5.74) is 1.25. The van der Waals surface area contributed by atoms with Crippen molar-refractivity contribution in [3.05, 3.63) is 64.7 Å². The van der Waals surface area contributed by atoms with Crippen molar-refractivity contribution in [2.75, 3.05) is 14.1 Å². The smallest absolute Gasteiger partial charge is 0.254 e. The number of carbonyl (C=O) groups excluding carboxylic acids is 1. The highest BCUT2D eigenvalue weighted by atomic mass is 35.5. The van der Waals surface area contributed by atoms with E-state index in [-0.39, 0.29) is 16.8 Å². The zero-order valence-corrected chi connectivity index (χ0v) is 15.2. The molecule has 0 radical (unpaired) electrons. The first kappa shape index (κ1) is 18.4. The standard InChI is InChI=1S/C17H19ClN2O3S/c1-12(13-7-9-15(18)10-8-13)20(3)17(21)14-5-4-6-16(11-14)24(22,23)19-2/h4-12,19H,1-3H3/t12-/m1/s1. The molecule has 0 bridgehead atoms. The Morgan fingerprint density at radius 1 is 1.17 bits per heavy atom. The van der Waals surface area contributed by atoms with Gasteiger partial charge in [-0.05, 0) is 49.9 Å². The van der Waals surface area contributed by atoms with E-state index in [0.717, 1.165) is 5.56 Å². The average molecular weight is 367 g/mol. The number of nitrogens with one attached hydrogen (secondary N) is 1. The van der Waals surface area contributed by atoms with Crippen molar-refractivity contribution in [3.63, 3.8) is 0 Å². The molecule has 0 aliphatic rings. The highest BCUT2D eigenvalue weighted by Gasteiger charge is 2.21. The molecule has 0 fully saturated rings. The molecule has 0 aromatic heterocycles. The highest BCUT2D eigenvalue weighted by Crippen LogP contribution is 2.23. The third-order valence-corrected chi connectivity index (χ3v) is 5.58. The Kier molecular flexibility index (Phi) is 5.64. The molecule has 0 heterocycles. The molecule has 0 saturated carbocycles. The van der Waals surface area contributed by atoms with Gasteiger partial charge in [0, 0.05) is 17.6 Å². The maximum atomic E-state index is 12.7. The summed E-state index contributed by atoms with van der Waals surface area (Å²) in [6.45, 7) is 1.90. The van der Waals surface area contributed by atoms with Crippen LogP contribution in [0.1, 0.15) is 28.9 Å². The molecule has 1 atom stereocenters. The molecule has 0 unspecified atom stereocenters. The number of halogens is 1. The lowest BCUT2D eigenvalue weighted by Crippen LogP contribution is -2.30. The summed E-state index contributed by atoms with van der Waals surface area (Å²) in [6.07, 6.45) is 0.